The molecule has 18 heavy (non-hydrogen) atoms. The molecule has 0 amide bonds. The van der Waals surface area contributed by atoms with Crippen LogP contribution < -0.4 is 9.47 Å². The van der Waals surface area contributed by atoms with E-state index in [1.165, 1.54) is 20.3 Å². The standard InChI is InChI=1S/C13H14O4S/c1-16-11-7-9(5-3-4-6-18)10(13(14)15)8-12(11)17-2/h7-8,18H,4,6H2,1-2H3,(H,14,15). The zero-order valence-electron chi connectivity index (χ0n) is 10.2. The molecular weight excluding hydrogens is 252 g/mol. The minimum Gasteiger partial charge on any atom is -0.493 e. The van der Waals surface area contributed by atoms with Crippen LogP contribution in [-0.2, 0) is 0 Å². The first-order valence-electron chi connectivity index (χ1n) is 5.23. The quantitative estimate of drug-likeness (QED) is 0.647. The molecule has 0 aliphatic rings. The van der Waals surface area contributed by atoms with Crippen LogP contribution >= 0.6 is 12.6 Å². The Balaban J connectivity index is 3.30. The minimum atomic E-state index is -1.05. The molecule has 0 aliphatic carbocycles. The predicted octanol–water partition coefficient (Wildman–Crippen LogP) is 2.07. The minimum absolute atomic E-state index is 0.0966. The lowest BCUT2D eigenvalue weighted by molar-refractivity contribution is 0.0696. The second-order valence-corrected chi connectivity index (χ2v) is 3.78. The number of aromatic carboxylic acids is 1. The fraction of sp³-hybridized carbons (Fsp3) is 0.308. The third kappa shape index (κ3) is 3.34. The van der Waals surface area contributed by atoms with Gasteiger partial charge in [-0.1, -0.05) is 11.8 Å². The van der Waals surface area contributed by atoms with Crippen LogP contribution in [0.25, 0.3) is 0 Å². The van der Waals surface area contributed by atoms with Gasteiger partial charge in [0.2, 0.25) is 0 Å². The Morgan fingerprint density at radius 1 is 1.33 bits per heavy atom. The SMILES string of the molecule is COc1cc(C#CCCS)c(C(=O)O)cc1OC. The summed E-state index contributed by atoms with van der Waals surface area (Å²) in [6.07, 6.45) is 0.594. The van der Waals surface area contributed by atoms with Crippen molar-refractivity contribution in [1.82, 2.24) is 0 Å². The maximum absolute atomic E-state index is 11.1. The maximum atomic E-state index is 11.1. The summed E-state index contributed by atoms with van der Waals surface area (Å²) >= 11 is 4.04. The summed E-state index contributed by atoms with van der Waals surface area (Å²) in [5.74, 6) is 6.06. The molecule has 1 aromatic carbocycles. The first-order chi connectivity index (χ1) is 8.63. The smallest absolute Gasteiger partial charge is 0.337 e. The molecule has 5 heteroatoms. The van der Waals surface area contributed by atoms with Gasteiger partial charge in [-0.3, -0.25) is 0 Å². The molecule has 0 bridgehead atoms. The van der Waals surface area contributed by atoms with Gasteiger partial charge in [0, 0.05) is 23.8 Å². The van der Waals surface area contributed by atoms with Crippen LogP contribution in [0.2, 0.25) is 0 Å². The molecule has 1 aromatic rings. The van der Waals surface area contributed by atoms with Gasteiger partial charge < -0.3 is 14.6 Å². The van der Waals surface area contributed by atoms with Gasteiger partial charge in [0.15, 0.2) is 11.5 Å². The van der Waals surface area contributed by atoms with Gasteiger partial charge in [-0.25, -0.2) is 4.79 Å². The molecule has 1 rings (SSSR count). The van der Waals surface area contributed by atoms with Crippen LogP contribution in [0.5, 0.6) is 11.5 Å². The molecule has 0 saturated heterocycles. The lowest BCUT2D eigenvalue weighted by Crippen LogP contribution is -2.02. The van der Waals surface area contributed by atoms with Crippen molar-refractivity contribution in [1.29, 1.82) is 0 Å². The Bertz CT molecular complexity index is 500. The summed E-state index contributed by atoms with van der Waals surface area (Å²) in [5.41, 5.74) is 0.501. The molecular formula is C13H14O4S. The molecule has 0 atom stereocenters. The van der Waals surface area contributed by atoms with Crippen LogP contribution in [0.4, 0.5) is 0 Å². The number of benzene rings is 1. The topological polar surface area (TPSA) is 55.8 Å². The molecule has 0 saturated carbocycles. The molecule has 0 heterocycles. The number of hydrogen-bond donors (Lipinski definition) is 2. The van der Waals surface area contributed by atoms with Crippen LogP contribution in [0.15, 0.2) is 12.1 Å². The lowest BCUT2D eigenvalue weighted by atomic mass is 10.1. The molecule has 0 radical (unpaired) electrons. The second-order valence-electron chi connectivity index (χ2n) is 3.33. The van der Waals surface area contributed by atoms with Crippen molar-refractivity contribution >= 4 is 18.6 Å². The van der Waals surface area contributed by atoms with Gasteiger partial charge in [0.25, 0.3) is 0 Å². The van der Waals surface area contributed by atoms with Crippen molar-refractivity contribution in [3.05, 3.63) is 23.3 Å². The average Bonchev–Trinajstić information content (AvgIpc) is 2.38. The number of carboxylic acids is 1. The summed E-state index contributed by atoms with van der Waals surface area (Å²) in [7, 11) is 2.94. The van der Waals surface area contributed by atoms with Gasteiger partial charge in [-0.2, -0.15) is 12.6 Å². The summed E-state index contributed by atoms with van der Waals surface area (Å²) in [6, 6.07) is 2.97. The predicted molar refractivity (Wildman–Crippen MR) is 71.9 cm³/mol. The van der Waals surface area contributed by atoms with Crippen LogP contribution in [0.3, 0.4) is 0 Å². The van der Waals surface area contributed by atoms with Gasteiger partial charge in [0.1, 0.15) is 0 Å². The van der Waals surface area contributed by atoms with E-state index in [-0.39, 0.29) is 5.56 Å². The number of methoxy groups -OCH3 is 2. The molecule has 0 aliphatic heterocycles. The Hall–Kier alpha value is -1.80. The van der Waals surface area contributed by atoms with Gasteiger partial charge in [-0.05, 0) is 6.07 Å². The van der Waals surface area contributed by atoms with Crippen LogP contribution in [0, 0.1) is 11.8 Å². The summed E-state index contributed by atoms with van der Waals surface area (Å²) in [4.78, 5) is 11.1. The van der Waals surface area contributed by atoms with E-state index in [2.05, 4.69) is 24.5 Å². The van der Waals surface area contributed by atoms with Crippen molar-refractivity contribution < 1.29 is 19.4 Å². The Morgan fingerprint density at radius 3 is 2.44 bits per heavy atom. The van der Waals surface area contributed by atoms with Crippen molar-refractivity contribution in [2.75, 3.05) is 20.0 Å². The monoisotopic (exact) mass is 266 g/mol. The van der Waals surface area contributed by atoms with Crippen molar-refractivity contribution in [3.63, 3.8) is 0 Å². The van der Waals surface area contributed by atoms with Crippen LogP contribution in [0.1, 0.15) is 22.3 Å². The average molecular weight is 266 g/mol. The van der Waals surface area contributed by atoms with E-state index < -0.39 is 5.97 Å². The number of carbonyl (C=O) groups is 1. The maximum Gasteiger partial charge on any atom is 0.337 e. The summed E-state index contributed by atoms with van der Waals surface area (Å²) < 4.78 is 10.2. The highest BCUT2D eigenvalue weighted by atomic mass is 32.1. The number of thiol groups is 1. The third-order valence-electron chi connectivity index (χ3n) is 2.21. The van der Waals surface area contributed by atoms with Crippen molar-refractivity contribution in [2.45, 2.75) is 6.42 Å². The first kappa shape index (κ1) is 14.3. The number of rotatable bonds is 4. The third-order valence-corrected chi connectivity index (χ3v) is 2.44. The molecule has 0 aromatic heterocycles. The second kappa shape index (κ2) is 6.82. The largest absolute Gasteiger partial charge is 0.493 e. The van der Waals surface area contributed by atoms with E-state index in [0.717, 1.165) is 0 Å². The summed E-state index contributed by atoms with van der Waals surface area (Å²) in [5, 5.41) is 9.13. The normalized spacial score (nSPS) is 9.28. The number of carboxylic acid groups (broad SMARTS) is 1. The van der Waals surface area contributed by atoms with E-state index in [4.69, 9.17) is 14.6 Å². The van der Waals surface area contributed by atoms with E-state index in [1.807, 2.05) is 0 Å². The first-order valence-corrected chi connectivity index (χ1v) is 5.86. The molecule has 0 spiro atoms. The Morgan fingerprint density at radius 2 is 1.94 bits per heavy atom. The molecule has 0 fully saturated rings. The van der Waals surface area contributed by atoms with Crippen molar-refractivity contribution in [3.8, 4) is 23.3 Å². The van der Waals surface area contributed by atoms with E-state index in [0.29, 0.717) is 29.2 Å². The van der Waals surface area contributed by atoms with Crippen LogP contribution in [-0.4, -0.2) is 31.0 Å². The van der Waals surface area contributed by atoms with Gasteiger partial charge in [-0.15, -0.1) is 0 Å². The molecule has 0 unspecified atom stereocenters. The number of ether oxygens (including phenoxy) is 2. The fourth-order valence-electron chi connectivity index (χ4n) is 1.37. The van der Waals surface area contributed by atoms with Crippen molar-refractivity contribution in [2.24, 2.45) is 0 Å². The lowest BCUT2D eigenvalue weighted by Gasteiger charge is -2.09. The summed E-state index contributed by atoms with van der Waals surface area (Å²) in [6.45, 7) is 0. The van der Waals surface area contributed by atoms with E-state index in [1.54, 1.807) is 6.07 Å². The number of hydrogen-bond acceptors (Lipinski definition) is 4. The zero-order chi connectivity index (χ0) is 13.5. The highest BCUT2D eigenvalue weighted by Crippen LogP contribution is 2.30. The zero-order valence-corrected chi connectivity index (χ0v) is 11.1. The molecule has 4 nitrogen and oxygen atoms in total. The Labute approximate surface area is 111 Å². The molecule has 1 N–H and O–H groups in total. The van der Waals surface area contributed by atoms with E-state index in [9.17, 15) is 4.79 Å². The fourth-order valence-corrected chi connectivity index (χ4v) is 1.48. The Kier molecular flexibility index (Phi) is 5.40. The highest BCUT2D eigenvalue weighted by Gasteiger charge is 2.14. The van der Waals surface area contributed by atoms with Gasteiger partial charge in [0.05, 0.1) is 19.8 Å². The van der Waals surface area contributed by atoms with Gasteiger partial charge >= 0.3 is 5.97 Å². The van der Waals surface area contributed by atoms with E-state index >= 15 is 0 Å². The molecule has 96 valence electrons. The highest BCUT2D eigenvalue weighted by molar-refractivity contribution is 7.80.